The normalized spacial score (nSPS) is 10.8. The highest BCUT2D eigenvalue weighted by Crippen LogP contribution is 2.29. The molecule has 0 amide bonds. The predicted octanol–water partition coefficient (Wildman–Crippen LogP) is 6.19. The topological polar surface area (TPSA) is 17.1 Å². The maximum atomic E-state index is 12.4. The molecule has 0 radical (unpaired) electrons. The highest BCUT2D eigenvalue weighted by atomic mass is 32.2. The molecule has 0 aliphatic carbocycles. The van der Waals surface area contributed by atoms with Crippen molar-refractivity contribution in [1.29, 1.82) is 0 Å². The molecule has 24 heavy (non-hydrogen) atoms. The third-order valence-electron chi connectivity index (χ3n) is 3.93. The average molecular weight is 332 g/mol. The van der Waals surface area contributed by atoms with E-state index in [0.29, 0.717) is 5.92 Å². The van der Waals surface area contributed by atoms with Crippen LogP contribution in [0, 0.1) is 0 Å². The van der Waals surface area contributed by atoms with E-state index in [-0.39, 0.29) is 5.78 Å². The molecule has 0 aromatic heterocycles. The first-order valence-electron chi connectivity index (χ1n) is 8.11. The van der Waals surface area contributed by atoms with Crippen LogP contribution in [0.2, 0.25) is 0 Å². The van der Waals surface area contributed by atoms with Crippen LogP contribution in [-0.4, -0.2) is 5.78 Å². The summed E-state index contributed by atoms with van der Waals surface area (Å²) < 4.78 is 0. The van der Waals surface area contributed by atoms with Crippen molar-refractivity contribution in [2.24, 2.45) is 0 Å². The Morgan fingerprint density at radius 3 is 1.75 bits per heavy atom. The van der Waals surface area contributed by atoms with Crippen LogP contribution in [0.4, 0.5) is 0 Å². The van der Waals surface area contributed by atoms with Crippen molar-refractivity contribution in [1.82, 2.24) is 0 Å². The molecule has 3 rings (SSSR count). The first kappa shape index (κ1) is 16.5. The van der Waals surface area contributed by atoms with Crippen molar-refractivity contribution >= 4 is 17.5 Å². The Morgan fingerprint density at radius 2 is 1.21 bits per heavy atom. The Bertz CT molecular complexity index is 803. The van der Waals surface area contributed by atoms with Gasteiger partial charge in [-0.05, 0) is 47.9 Å². The van der Waals surface area contributed by atoms with Crippen molar-refractivity contribution in [3.63, 3.8) is 0 Å². The molecular weight excluding hydrogens is 312 g/mol. The summed E-state index contributed by atoms with van der Waals surface area (Å²) in [6.07, 6.45) is 0. The number of carbonyl (C=O) groups is 1. The lowest BCUT2D eigenvalue weighted by atomic mass is 10.0. The standard InChI is InChI=1S/C22H20OS/c1-16(2)17-8-12-20(13-9-17)24-21-14-10-19(11-15-21)22(23)18-6-4-3-5-7-18/h3-16H,1-2H3. The first-order valence-corrected chi connectivity index (χ1v) is 8.93. The smallest absolute Gasteiger partial charge is 0.193 e. The van der Waals surface area contributed by atoms with Gasteiger partial charge in [-0.1, -0.05) is 68.1 Å². The average Bonchev–Trinajstić information content (AvgIpc) is 2.63. The molecule has 0 atom stereocenters. The van der Waals surface area contributed by atoms with Crippen molar-refractivity contribution in [3.05, 3.63) is 95.6 Å². The van der Waals surface area contributed by atoms with Crippen molar-refractivity contribution in [2.75, 3.05) is 0 Å². The molecule has 1 nitrogen and oxygen atoms in total. The van der Waals surface area contributed by atoms with Crippen molar-refractivity contribution < 1.29 is 4.79 Å². The summed E-state index contributed by atoms with van der Waals surface area (Å²) in [7, 11) is 0. The Hall–Kier alpha value is -2.32. The number of rotatable bonds is 5. The fourth-order valence-electron chi connectivity index (χ4n) is 2.49. The summed E-state index contributed by atoms with van der Waals surface area (Å²) in [6, 6.07) is 25.9. The molecule has 0 saturated heterocycles. The number of ketones is 1. The van der Waals surface area contributed by atoms with E-state index in [1.807, 2.05) is 54.6 Å². The molecule has 0 unspecified atom stereocenters. The van der Waals surface area contributed by atoms with Crippen LogP contribution in [0.25, 0.3) is 0 Å². The van der Waals surface area contributed by atoms with E-state index in [9.17, 15) is 4.79 Å². The van der Waals surface area contributed by atoms with Gasteiger partial charge in [0.1, 0.15) is 0 Å². The molecule has 0 N–H and O–H groups in total. The molecule has 0 fully saturated rings. The zero-order valence-corrected chi connectivity index (χ0v) is 14.7. The molecule has 0 aliphatic rings. The molecule has 3 aromatic rings. The molecule has 3 aromatic carbocycles. The van der Waals surface area contributed by atoms with Crippen LogP contribution >= 0.6 is 11.8 Å². The third-order valence-corrected chi connectivity index (χ3v) is 4.95. The molecule has 0 bridgehead atoms. The van der Waals surface area contributed by atoms with Gasteiger partial charge in [-0.2, -0.15) is 0 Å². The summed E-state index contributed by atoms with van der Waals surface area (Å²) in [6.45, 7) is 4.40. The largest absolute Gasteiger partial charge is 0.289 e. The molecular formula is C22H20OS. The van der Waals surface area contributed by atoms with E-state index in [2.05, 4.69) is 38.1 Å². The zero-order valence-electron chi connectivity index (χ0n) is 13.9. The Morgan fingerprint density at radius 1 is 0.708 bits per heavy atom. The molecule has 2 heteroatoms. The van der Waals surface area contributed by atoms with E-state index in [1.165, 1.54) is 10.5 Å². The number of hydrogen-bond donors (Lipinski definition) is 0. The van der Waals surface area contributed by atoms with Gasteiger partial charge in [0.2, 0.25) is 0 Å². The molecule has 0 spiro atoms. The van der Waals surface area contributed by atoms with Gasteiger partial charge < -0.3 is 0 Å². The minimum atomic E-state index is 0.0634. The summed E-state index contributed by atoms with van der Waals surface area (Å²) in [5, 5.41) is 0. The summed E-state index contributed by atoms with van der Waals surface area (Å²) in [5.74, 6) is 0.612. The van der Waals surface area contributed by atoms with Gasteiger partial charge in [0.05, 0.1) is 0 Å². The van der Waals surface area contributed by atoms with Gasteiger partial charge in [0.15, 0.2) is 5.78 Å². The second-order valence-corrected chi connectivity index (χ2v) is 7.19. The lowest BCUT2D eigenvalue weighted by Crippen LogP contribution is -2.00. The lowest BCUT2D eigenvalue weighted by molar-refractivity contribution is 0.103. The fourth-order valence-corrected chi connectivity index (χ4v) is 3.30. The van der Waals surface area contributed by atoms with E-state index < -0.39 is 0 Å². The maximum Gasteiger partial charge on any atom is 0.193 e. The van der Waals surface area contributed by atoms with Crippen LogP contribution in [-0.2, 0) is 0 Å². The Balaban J connectivity index is 1.71. The summed E-state index contributed by atoms with van der Waals surface area (Å²) in [5.41, 5.74) is 2.80. The van der Waals surface area contributed by atoms with Gasteiger partial charge >= 0.3 is 0 Å². The molecule has 120 valence electrons. The Labute approximate surface area is 147 Å². The van der Waals surface area contributed by atoms with Crippen LogP contribution in [0.1, 0.15) is 41.3 Å². The summed E-state index contributed by atoms with van der Waals surface area (Å²) in [4.78, 5) is 14.8. The van der Waals surface area contributed by atoms with Gasteiger partial charge in [-0.25, -0.2) is 0 Å². The van der Waals surface area contributed by atoms with E-state index >= 15 is 0 Å². The SMILES string of the molecule is CC(C)c1ccc(Sc2ccc(C(=O)c3ccccc3)cc2)cc1. The maximum absolute atomic E-state index is 12.4. The zero-order chi connectivity index (χ0) is 16.9. The molecule has 0 heterocycles. The minimum Gasteiger partial charge on any atom is -0.289 e. The second-order valence-electron chi connectivity index (χ2n) is 6.05. The van der Waals surface area contributed by atoms with Gasteiger partial charge in [0.25, 0.3) is 0 Å². The molecule has 0 aliphatic heterocycles. The van der Waals surface area contributed by atoms with Crippen molar-refractivity contribution in [3.8, 4) is 0 Å². The lowest BCUT2D eigenvalue weighted by Gasteiger charge is -2.07. The van der Waals surface area contributed by atoms with Gasteiger partial charge in [0, 0.05) is 20.9 Å². The second kappa shape index (κ2) is 7.50. The monoisotopic (exact) mass is 332 g/mol. The van der Waals surface area contributed by atoms with Gasteiger partial charge in [-0.15, -0.1) is 0 Å². The van der Waals surface area contributed by atoms with Crippen LogP contribution in [0.3, 0.4) is 0 Å². The van der Waals surface area contributed by atoms with Crippen LogP contribution in [0.15, 0.2) is 88.7 Å². The number of hydrogen-bond acceptors (Lipinski definition) is 2. The van der Waals surface area contributed by atoms with Gasteiger partial charge in [-0.3, -0.25) is 4.79 Å². The minimum absolute atomic E-state index is 0.0634. The fraction of sp³-hybridized carbons (Fsp3) is 0.136. The molecule has 0 saturated carbocycles. The van der Waals surface area contributed by atoms with Crippen molar-refractivity contribution in [2.45, 2.75) is 29.6 Å². The van der Waals surface area contributed by atoms with Crippen LogP contribution in [0.5, 0.6) is 0 Å². The number of benzene rings is 3. The number of carbonyl (C=O) groups excluding carboxylic acids is 1. The first-order chi connectivity index (χ1) is 11.6. The van der Waals surface area contributed by atoms with E-state index in [4.69, 9.17) is 0 Å². The third kappa shape index (κ3) is 3.95. The van der Waals surface area contributed by atoms with E-state index in [1.54, 1.807) is 11.8 Å². The highest BCUT2D eigenvalue weighted by molar-refractivity contribution is 7.99. The highest BCUT2D eigenvalue weighted by Gasteiger charge is 2.08. The predicted molar refractivity (Wildman–Crippen MR) is 101 cm³/mol. The Kier molecular flexibility index (Phi) is 5.17. The quantitative estimate of drug-likeness (QED) is 0.518. The van der Waals surface area contributed by atoms with E-state index in [0.717, 1.165) is 16.0 Å². The summed E-state index contributed by atoms with van der Waals surface area (Å²) >= 11 is 1.71. The van der Waals surface area contributed by atoms with Crippen LogP contribution < -0.4 is 0 Å².